The van der Waals surface area contributed by atoms with Gasteiger partial charge in [0, 0.05) is 43.2 Å². The monoisotopic (exact) mass is 438 g/mol. The van der Waals surface area contributed by atoms with Gasteiger partial charge in [0.2, 0.25) is 0 Å². The maximum Gasteiger partial charge on any atom is 0.160 e. The van der Waals surface area contributed by atoms with Crippen LogP contribution >= 0.6 is 0 Å². The Bertz CT molecular complexity index is 1420. The molecular weight excluding hydrogens is 416 g/mol. The third-order valence-electron chi connectivity index (χ3n) is 5.74. The average molecular weight is 438 g/mol. The number of hydrogen-bond donors (Lipinski definition) is 0. The molecule has 0 atom stereocenters. The number of fused-ring (bicyclic) bond motifs is 1. The van der Waals surface area contributed by atoms with Crippen molar-refractivity contribution in [3.63, 3.8) is 0 Å². The summed E-state index contributed by atoms with van der Waals surface area (Å²) < 4.78 is 9.25. The highest BCUT2D eigenvalue weighted by Gasteiger charge is 2.19. The molecule has 1 saturated heterocycles. The Kier molecular flexibility index (Phi) is 4.80. The molecular formula is C24H22N8O. The van der Waals surface area contributed by atoms with E-state index in [1.54, 1.807) is 6.20 Å². The van der Waals surface area contributed by atoms with Gasteiger partial charge in [-0.15, -0.1) is 0 Å². The summed E-state index contributed by atoms with van der Waals surface area (Å²) in [7, 11) is 0. The lowest BCUT2D eigenvalue weighted by Crippen LogP contribution is -2.37. The van der Waals surface area contributed by atoms with Crippen molar-refractivity contribution in [2.45, 2.75) is 6.92 Å². The molecule has 1 aliphatic heterocycles. The molecule has 0 spiro atoms. The number of benzene rings is 1. The quantitative estimate of drug-likeness (QED) is 0.426. The number of ether oxygens (including phenoxy) is 1. The van der Waals surface area contributed by atoms with E-state index in [1.165, 1.54) is 11.9 Å². The van der Waals surface area contributed by atoms with Crippen LogP contribution in [0.4, 0.5) is 5.82 Å². The molecule has 0 unspecified atom stereocenters. The fourth-order valence-corrected chi connectivity index (χ4v) is 4.07. The van der Waals surface area contributed by atoms with Crippen LogP contribution in [0.15, 0.2) is 67.4 Å². The largest absolute Gasteiger partial charge is 0.378 e. The third-order valence-corrected chi connectivity index (χ3v) is 5.74. The van der Waals surface area contributed by atoms with E-state index in [4.69, 9.17) is 14.8 Å². The van der Waals surface area contributed by atoms with Crippen LogP contribution in [0.5, 0.6) is 0 Å². The van der Waals surface area contributed by atoms with Crippen molar-refractivity contribution in [2.75, 3.05) is 31.2 Å². The van der Waals surface area contributed by atoms with Crippen LogP contribution in [-0.4, -0.2) is 60.6 Å². The van der Waals surface area contributed by atoms with Gasteiger partial charge in [-0.1, -0.05) is 29.8 Å². The van der Waals surface area contributed by atoms with Crippen LogP contribution in [0, 0.1) is 6.92 Å². The van der Waals surface area contributed by atoms with E-state index >= 15 is 0 Å². The maximum atomic E-state index is 5.56. The number of aromatic nitrogens is 7. The molecule has 6 rings (SSSR count). The van der Waals surface area contributed by atoms with Gasteiger partial charge in [0.1, 0.15) is 17.8 Å². The Labute approximate surface area is 190 Å². The van der Waals surface area contributed by atoms with Gasteiger partial charge in [-0.2, -0.15) is 14.7 Å². The minimum atomic E-state index is 0.679. The molecule has 9 nitrogen and oxygen atoms in total. The van der Waals surface area contributed by atoms with Crippen molar-refractivity contribution in [2.24, 2.45) is 0 Å². The summed E-state index contributed by atoms with van der Waals surface area (Å²) in [4.78, 5) is 15.5. The second kappa shape index (κ2) is 8.10. The Morgan fingerprint density at radius 3 is 2.70 bits per heavy atom. The van der Waals surface area contributed by atoms with Crippen molar-refractivity contribution in [1.82, 2.24) is 34.3 Å². The van der Waals surface area contributed by atoms with Gasteiger partial charge in [0.05, 0.1) is 25.1 Å². The third kappa shape index (κ3) is 3.72. The summed E-state index contributed by atoms with van der Waals surface area (Å²) in [5.74, 6) is 1.68. The molecule has 33 heavy (non-hydrogen) atoms. The standard InChI is InChI=1S/C24H22N8O/c1-17-3-2-4-18(11-17)19-14-27-31(15-19)22-13-24(30-7-9-33-10-8-30)32-23(28-22)12-21(29-32)20-5-6-25-16-26-20/h2-6,11-16H,7-10H2,1H3. The second-order valence-corrected chi connectivity index (χ2v) is 8.01. The predicted molar refractivity (Wildman–Crippen MR) is 124 cm³/mol. The number of rotatable bonds is 4. The van der Waals surface area contributed by atoms with E-state index in [0.29, 0.717) is 13.2 Å². The van der Waals surface area contributed by atoms with Crippen molar-refractivity contribution < 1.29 is 4.74 Å². The molecule has 5 heterocycles. The Morgan fingerprint density at radius 2 is 1.88 bits per heavy atom. The van der Waals surface area contributed by atoms with Crippen LogP contribution in [0.1, 0.15) is 5.56 Å². The first-order chi connectivity index (χ1) is 16.2. The lowest BCUT2D eigenvalue weighted by Gasteiger charge is -2.29. The number of aryl methyl sites for hydroxylation is 1. The normalized spacial score (nSPS) is 14.2. The SMILES string of the molecule is Cc1cccc(-c2cnn(-c3cc(N4CCOCC4)n4nc(-c5ccncn5)cc4n3)c2)c1. The molecule has 0 radical (unpaired) electrons. The fourth-order valence-electron chi connectivity index (χ4n) is 4.07. The number of anilines is 1. The molecule has 164 valence electrons. The Balaban J connectivity index is 1.47. The smallest absolute Gasteiger partial charge is 0.160 e. The molecule has 0 saturated carbocycles. The summed E-state index contributed by atoms with van der Waals surface area (Å²) >= 11 is 0. The fraction of sp³-hybridized carbons (Fsp3) is 0.208. The van der Waals surface area contributed by atoms with E-state index in [0.717, 1.165) is 52.9 Å². The second-order valence-electron chi connectivity index (χ2n) is 8.01. The summed E-state index contributed by atoms with van der Waals surface area (Å²) in [6.45, 7) is 5.02. The molecule has 4 aromatic heterocycles. The van der Waals surface area contributed by atoms with Gasteiger partial charge in [0.15, 0.2) is 11.5 Å². The van der Waals surface area contributed by atoms with Crippen molar-refractivity contribution in [1.29, 1.82) is 0 Å². The van der Waals surface area contributed by atoms with E-state index in [2.05, 4.69) is 51.2 Å². The number of nitrogens with zero attached hydrogens (tertiary/aromatic N) is 8. The summed E-state index contributed by atoms with van der Waals surface area (Å²) in [5.41, 5.74) is 5.62. The molecule has 5 aromatic rings. The lowest BCUT2D eigenvalue weighted by molar-refractivity contribution is 0.122. The topological polar surface area (TPSA) is 86.3 Å². The minimum absolute atomic E-state index is 0.679. The Morgan fingerprint density at radius 1 is 0.970 bits per heavy atom. The van der Waals surface area contributed by atoms with Crippen LogP contribution in [0.2, 0.25) is 0 Å². The van der Waals surface area contributed by atoms with Crippen LogP contribution in [0.3, 0.4) is 0 Å². The van der Waals surface area contributed by atoms with Crippen LogP contribution in [0.25, 0.3) is 34.0 Å². The molecule has 0 aliphatic carbocycles. The summed E-state index contributed by atoms with van der Waals surface area (Å²) in [5, 5.41) is 9.42. The van der Waals surface area contributed by atoms with E-state index in [-0.39, 0.29) is 0 Å². The highest BCUT2D eigenvalue weighted by atomic mass is 16.5. The van der Waals surface area contributed by atoms with Crippen LogP contribution < -0.4 is 4.90 Å². The zero-order chi connectivity index (χ0) is 22.2. The number of morpholine rings is 1. The molecule has 9 heteroatoms. The average Bonchev–Trinajstić information content (AvgIpc) is 3.52. The molecule has 0 bridgehead atoms. The van der Waals surface area contributed by atoms with Gasteiger partial charge < -0.3 is 9.64 Å². The molecule has 0 amide bonds. The molecule has 0 N–H and O–H groups in total. The first kappa shape index (κ1) is 19.6. The van der Waals surface area contributed by atoms with Gasteiger partial charge in [-0.3, -0.25) is 0 Å². The first-order valence-corrected chi connectivity index (χ1v) is 10.9. The lowest BCUT2D eigenvalue weighted by atomic mass is 10.1. The molecule has 1 aliphatic rings. The van der Waals surface area contributed by atoms with Crippen LogP contribution in [-0.2, 0) is 4.74 Å². The van der Waals surface area contributed by atoms with E-state index < -0.39 is 0 Å². The zero-order valence-corrected chi connectivity index (χ0v) is 18.2. The first-order valence-electron chi connectivity index (χ1n) is 10.9. The predicted octanol–water partition coefficient (Wildman–Crippen LogP) is 3.18. The van der Waals surface area contributed by atoms with E-state index in [1.807, 2.05) is 39.8 Å². The van der Waals surface area contributed by atoms with Crippen molar-refractivity contribution in [3.05, 3.63) is 72.9 Å². The minimum Gasteiger partial charge on any atom is -0.378 e. The molecule has 1 aromatic carbocycles. The van der Waals surface area contributed by atoms with E-state index in [9.17, 15) is 0 Å². The summed E-state index contributed by atoms with van der Waals surface area (Å²) in [6.07, 6.45) is 7.12. The van der Waals surface area contributed by atoms with Gasteiger partial charge >= 0.3 is 0 Å². The van der Waals surface area contributed by atoms with Crippen molar-refractivity contribution in [3.8, 4) is 28.3 Å². The van der Waals surface area contributed by atoms with Gasteiger partial charge in [-0.25, -0.2) is 19.6 Å². The summed E-state index contributed by atoms with van der Waals surface area (Å²) in [6, 6.07) is 14.2. The highest BCUT2D eigenvalue weighted by Crippen LogP contribution is 2.26. The highest BCUT2D eigenvalue weighted by molar-refractivity contribution is 5.65. The van der Waals surface area contributed by atoms with Crippen molar-refractivity contribution >= 4 is 11.5 Å². The number of hydrogen-bond acceptors (Lipinski definition) is 7. The Hall–Kier alpha value is -4.11. The van der Waals surface area contributed by atoms with Gasteiger partial charge in [-0.05, 0) is 18.6 Å². The zero-order valence-electron chi connectivity index (χ0n) is 18.2. The maximum absolute atomic E-state index is 5.56. The van der Waals surface area contributed by atoms with Gasteiger partial charge in [0.25, 0.3) is 0 Å². The molecule has 1 fully saturated rings.